The molecule has 1 fully saturated rings. The molecule has 2 aromatic carbocycles. The Bertz CT molecular complexity index is 1240. The second kappa shape index (κ2) is 13.4. The molecule has 1 saturated heterocycles. The van der Waals surface area contributed by atoms with Gasteiger partial charge in [0.25, 0.3) is 0 Å². The van der Waals surface area contributed by atoms with Gasteiger partial charge in [0.05, 0.1) is 6.61 Å². The quantitative estimate of drug-likeness (QED) is 0.339. The Kier molecular flexibility index (Phi) is 9.49. The lowest BCUT2D eigenvalue weighted by Gasteiger charge is -2.34. The van der Waals surface area contributed by atoms with Gasteiger partial charge in [0.15, 0.2) is 0 Å². The van der Waals surface area contributed by atoms with Crippen molar-refractivity contribution in [3.05, 3.63) is 90.0 Å². The molecule has 0 bridgehead atoms. The van der Waals surface area contributed by atoms with Gasteiger partial charge >= 0.3 is 0 Å². The standard InChI is InChI=1S/C25H26N8O.C3H8O/c34-17-20-6-8-22(9-7-20)30-23-28-18-29-25(31-23)33-12-10-32(11-13-33)24-26-15-21(16-27-24)14-19-4-2-1-3-5-19;1-3(2)4/h1-9,15-16,18,34H,10-14,17H2,(H,28,29,30,31);3-4H,1-2H3. The molecule has 0 radical (unpaired) electrons. The van der Waals surface area contributed by atoms with Gasteiger partial charge in [0.1, 0.15) is 6.33 Å². The molecule has 0 aliphatic carbocycles. The zero-order valence-corrected chi connectivity index (χ0v) is 21.8. The first-order chi connectivity index (χ1) is 18.5. The number of aromatic nitrogens is 5. The Balaban J connectivity index is 0.000000786. The van der Waals surface area contributed by atoms with E-state index in [1.165, 1.54) is 11.9 Å². The van der Waals surface area contributed by atoms with Crippen molar-refractivity contribution < 1.29 is 10.2 Å². The van der Waals surface area contributed by atoms with E-state index in [9.17, 15) is 5.11 Å². The van der Waals surface area contributed by atoms with E-state index in [0.717, 1.165) is 55.4 Å². The molecule has 1 aliphatic heterocycles. The maximum absolute atomic E-state index is 9.19. The number of piperazine rings is 1. The van der Waals surface area contributed by atoms with Crippen LogP contribution < -0.4 is 15.1 Å². The molecule has 5 rings (SSSR count). The molecule has 3 N–H and O–H groups in total. The normalized spacial score (nSPS) is 13.2. The molecule has 1 aliphatic rings. The first-order valence-corrected chi connectivity index (χ1v) is 12.7. The highest BCUT2D eigenvalue weighted by Gasteiger charge is 2.21. The first-order valence-electron chi connectivity index (χ1n) is 12.7. The molecule has 198 valence electrons. The van der Waals surface area contributed by atoms with E-state index in [4.69, 9.17) is 5.11 Å². The van der Waals surface area contributed by atoms with Gasteiger partial charge in [0.2, 0.25) is 17.8 Å². The summed E-state index contributed by atoms with van der Waals surface area (Å²) in [6.45, 7) is 6.57. The van der Waals surface area contributed by atoms with Crippen molar-refractivity contribution in [2.75, 3.05) is 41.3 Å². The van der Waals surface area contributed by atoms with E-state index < -0.39 is 0 Å². The summed E-state index contributed by atoms with van der Waals surface area (Å²) in [5.74, 6) is 1.88. The van der Waals surface area contributed by atoms with Crippen molar-refractivity contribution in [3.8, 4) is 0 Å². The Morgan fingerprint density at radius 3 is 1.97 bits per heavy atom. The number of aliphatic hydroxyl groups excluding tert-OH is 2. The zero-order valence-electron chi connectivity index (χ0n) is 21.8. The summed E-state index contributed by atoms with van der Waals surface area (Å²) in [5, 5.41) is 20.4. The second-order valence-electron chi connectivity index (χ2n) is 9.21. The van der Waals surface area contributed by atoms with Crippen molar-refractivity contribution >= 4 is 23.5 Å². The van der Waals surface area contributed by atoms with Crippen LogP contribution in [0.2, 0.25) is 0 Å². The molecular formula is C28H34N8O2. The predicted octanol–water partition coefficient (Wildman–Crippen LogP) is 3.20. The van der Waals surface area contributed by atoms with Crippen molar-refractivity contribution in [3.63, 3.8) is 0 Å². The molecule has 0 spiro atoms. The summed E-state index contributed by atoms with van der Waals surface area (Å²) in [7, 11) is 0. The van der Waals surface area contributed by atoms with Gasteiger partial charge in [0, 0.05) is 56.8 Å². The number of rotatable bonds is 7. The molecule has 0 amide bonds. The Morgan fingerprint density at radius 1 is 0.763 bits per heavy atom. The van der Waals surface area contributed by atoms with Crippen LogP contribution in [0.1, 0.15) is 30.5 Å². The van der Waals surface area contributed by atoms with Crippen LogP contribution in [0.5, 0.6) is 0 Å². The Labute approximate surface area is 223 Å². The third-order valence-corrected chi connectivity index (χ3v) is 5.74. The largest absolute Gasteiger partial charge is 0.394 e. The number of anilines is 4. The molecule has 10 nitrogen and oxygen atoms in total. The minimum atomic E-state index is -0.167. The summed E-state index contributed by atoms with van der Waals surface area (Å²) in [4.78, 5) is 26.7. The van der Waals surface area contributed by atoms with Gasteiger partial charge in [-0.3, -0.25) is 0 Å². The fraction of sp³-hybridized carbons (Fsp3) is 0.321. The molecule has 38 heavy (non-hydrogen) atoms. The Morgan fingerprint density at radius 2 is 1.37 bits per heavy atom. The molecule has 3 heterocycles. The Hall–Kier alpha value is -4.15. The smallest absolute Gasteiger partial charge is 0.231 e. The molecule has 4 aromatic rings. The SMILES string of the molecule is CC(C)O.OCc1ccc(Nc2ncnc(N3CCN(c4ncc(Cc5ccccc5)cn4)CC3)n2)cc1. The monoisotopic (exact) mass is 514 g/mol. The highest BCUT2D eigenvalue weighted by molar-refractivity contribution is 5.54. The number of hydrogen-bond acceptors (Lipinski definition) is 10. The fourth-order valence-corrected chi connectivity index (χ4v) is 3.86. The number of nitrogens with one attached hydrogen (secondary N) is 1. The summed E-state index contributed by atoms with van der Waals surface area (Å²) in [6.07, 6.45) is 6.02. The topological polar surface area (TPSA) is 123 Å². The molecule has 10 heteroatoms. The van der Waals surface area contributed by atoms with Gasteiger partial charge in [-0.25, -0.2) is 19.9 Å². The zero-order chi connectivity index (χ0) is 26.7. The summed E-state index contributed by atoms with van der Waals surface area (Å²) < 4.78 is 0. The molecular weight excluding hydrogens is 480 g/mol. The van der Waals surface area contributed by atoms with Crippen LogP contribution in [0.3, 0.4) is 0 Å². The second-order valence-corrected chi connectivity index (χ2v) is 9.21. The summed E-state index contributed by atoms with van der Waals surface area (Å²) >= 11 is 0. The minimum Gasteiger partial charge on any atom is -0.394 e. The molecule has 0 unspecified atom stereocenters. The van der Waals surface area contributed by atoms with Gasteiger partial charge in [-0.05, 0) is 42.7 Å². The van der Waals surface area contributed by atoms with E-state index >= 15 is 0 Å². The average molecular weight is 515 g/mol. The third-order valence-electron chi connectivity index (χ3n) is 5.74. The maximum atomic E-state index is 9.19. The van der Waals surface area contributed by atoms with Gasteiger partial charge in [-0.15, -0.1) is 0 Å². The first kappa shape index (κ1) is 26.9. The lowest BCUT2D eigenvalue weighted by Crippen LogP contribution is -2.47. The predicted molar refractivity (Wildman–Crippen MR) is 149 cm³/mol. The van der Waals surface area contributed by atoms with Crippen molar-refractivity contribution in [1.82, 2.24) is 24.9 Å². The fourth-order valence-electron chi connectivity index (χ4n) is 3.86. The number of benzene rings is 2. The van der Waals surface area contributed by atoms with E-state index in [-0.39, 0.29) is 12.7 Å². The van der Waals surface area contributed by atoms with Crippen molar-refractivity contribution in [2.45, 2.75) is 33.0 Å². The van der Waals surface area contributed by atoms with Crippen molar-refractivity contribution in [1.29, 1.82) is 0 Å². The summed E-state index contributed by atoms with van der Waals surface area (Å²) in [6, 6.07) is 17.8. The van der Waals surface area contributed by atoms with Crippen LogP contribution in [0.25, 0.3) is 0 Å². The van der Waals surface area contributed by atoms with E-state index in [1.54, 1.807) is 13.8 Å². The lowest BCUT2D eigenvalue weighted by atomic mass is 10.1. The lowest BCUT2D eigenvalue weighted by molar-refractivity contribution is 0.216. The summed E-state index contributed by atoms with van der Waals surface area (Å²) in [5.41, 5.74) is 4.06. The van der Waals surface area contributed by atoms with Crippen LogP contribution >= 0.6 is 0 Å². The number of nitrogens with zero attached hydrogens (tertiary/aromatic N) is 7. The highest BCUT2D eigenvalue weighted by atomic mass is 16.3. The molecule has 0 saturated carbocycles. The van der Waals surface area contributed by atoms with Crippen LogP contribution in [-0.4, -0.2) is 67.4 Å². The van der Waals surface area contributed by atoms with Crippen LogP contribution in [0.4, 0.5) is 23.5 Å². The van der Waals surface area contributed by atoms with Gasteiger partial charge in [-0.1, -0.05) is 42.5 Å². The van der Waals surface area contributed by atoms with Crippen molar-refractivity contribution in [2.24, 2.45) is 0 Å². The average Bonchev–Trinajstić information content (AvgIpc) is 2.94. The van der Waals surface area contributed by atoms with Crippen LogP contribution in [0, 0.1) is 0 Å². The van der Waals surface area contributed by atoms with Gasteiger partial charge in [-0.2, -0.15) is 4.98 Å². The van der Waals surface area contributed by atoms with Crippen LogP contribution in [0.15, 0.2) is 73.3 Å². The highest BCUT2D eigenvalue weighted by Crippen LogP contribution is 2.18. The van der Waals surface area contributed by atoms with Gasteiger partial charge < -0.3 is 25.3 Å². The van der Waals surface area contributed by atoms with E-state index in [1.807, 2.05) is 54.9 Å². The van der Waals surface area contributed by atoms with E-state index in [2.05, 4.69) is 52.2 Å². The van der Waals surface area contributed by atoms with E-state index in [0.29, 0.717) is 11.9 Å². The minimum absolute atomic E-state index is 0.0189. The van der Waals surface area contributed by atoms with Crippen LogP contribution in [-0.2, 0) is 13.0 Å². The maximum Gasteiger partial charge on any atom is 0.231 e. The number of hydrogen-bond donors (Lipinski definition) is 3. The molecule has 2 aromatic heterocycles. The molecule has 0 atom stereocenters. The number of aliphatic hydroxyl groups is 2. The third kappa shape index (κ3) is 7.92.